The molecule has 0 fully saturated rings. The average molecular weight is 218 g/mol. The standard InChI is InChI=1S/C8H15N2O3P/c1-4-12-14(11,13-5-2)7-10-8(3)6-9/h4-5,7H2,1-3H3/b10-8+. The fourth-order valence-electron chi connectivity index (χ4n) is 0.740. The zero-order valence-corrected chi connectivity index (χ0v) is 9.58. The highest BCUT2D eigenvalue weighted by Gasteiger charge is 2.22. The Bertz CT molecular complexity index is 273. The minimum absolute atomic E-state index is 0.0892. The lowest BCUT2D eigenvalue weighted by Gasteiger charge is -2.14. The van der Waals surface area contributed by atoms with Crippen molar-refractivity contribution in [3.05, 3.63) is 0 Å². The summed E-state index contributed by atoms with van der Waals surface area (Å²) in [7, 11) is -3.13. The summed E-state index contributed by atoms with van der Waals surface area (Å²) >= 11 is 0. The lowest BCUT2D eigenvalue weighted by Crippen LogP contribution is -2.00. The summed E-state index contributed by atoms with van der Waals surface area (Å²) in [4.78, 5) is 3.79. The van der Waals surface area contributed by atoms with Crippen molar-refractivity contribution in [2.24, 2.45) is 4.99 Å². The van der Waals surface area contributed by atoms with E-state index in [0.29, 0.717) is 13.2 Å². The molecule has 0 aliphatic heterocycles. The molecule has 0 aliphatic rings. The van der Waals surface area contributed by atoms with Crippen molar-refractivity contribution in [1.82, 2.24) is 0 Å². The van der Waals surface area contributed by atoms with E-state index in [0.717, 1.165) is 0 Å². The van der Waals surface area contributed by atoms with Crippen LogP contribution in [0.25, 0.3) is 0 Å². The van der Waals surface area contributed by atoms with E-state index < -0.39 is 7.60 Å². The molecule has 0 aromatic carbocycles. The third-order valence-electron chi connectivity index (χ3n) is 1.29. The second-order valence-electron chi connectivity index (χ2n) is 2.44. The molecule has 0 unspecified atom stereocenters. The van der Waals surface area contributed by atoms with Crippen LogP contribution in [-0.2, 0) is 13.6 Å². The molecule has 0 bridgehead atoms. The number of nitrogens with zero attached hydrogens (tertiary/aromatic N) is 2. The number of hydrogen-bond acceptors (Lipinski definition) is 5. The van der Waals surface area contributed by atoms with Crippen LogP contribution in [-0.4, -0.2) is 25.2 Å². The molecule has 0 rings (SSSR count). The number of rotatable bonds is 6. The summed E-state index contributed by atoms with van der Waals surface area (Å²) in [5, 5.41) is 8.44. The SMILES string of the molecule is CCOP(=O)(C/N=C(\C)C#N)OCC. The maximum atomic E-state index is 11.8. The van der Waals surface area contributed by atoms with Crippen LogP contribution in [0.2, 0.25) is 0 Å². The smallest absolute Gasteiger partial charge is 0.308 e. The molecule has 0 aliphatic carbocycles. The average Bonchev–Trinajstić information content (AvgIpc) is 2.15. The van der Waals surface area contributed by atoms with Gasteiger partial charge in [0.15, 0.2) is 0 Å². The third-order valence-corrected chi connectivity index (χ3v) is 3.09. The van der Waals surface area contributed by atoms with Crippen molar-refractivity contribution in [1.29, 1.82) is 5.26 Å². The first-order chi connectivity index (χ1) is 6.58. The summed E-state index contributed by atoms with van der Waals surface area (Å²) in [5.74, 6) is 0. The molecule has 6 heteroatoms. The van der Waals surface area contributed by atoms with E-state index in [1.54, 1.807) is 20.8 Å². The largest absolute Gasteiger partial charge is 0.351 e. The Morgan fingerprint density at radius 1 is 1.43 bits per heavy atom. The molecule has 0 saturated heterocycles. The molecule has 0 spiro atoms. The Morgan fingerprint density at radius 3 is 2.29 bits per heavy atom. The Morgan fingerprint density at radius 2 is 1.93 bits per heavy atom. The van der Waals surface area contributed by atoms with Crippen LogP contribution in [0.4, 0.5) is 0 Å². The fourth-order valence-corrected chi connectivity index (χ4v) is 2.15. The minimum Gasteiger partial charge on any atom is -0.308 e. The lowest BCUT2D eigenvalue weighted by atomic mass is 10.5. The molecule has 0 heterocycles. The van der Waals surface area contributed by atoms with Gasteiger partial charge in [-0.25, -0.2) is 0 Å². The van der Waals surface area contributed by atoms with Gasteiger partial charge < -0.3 is 9.05 Å². The van der Waals surface area contributed by atoms with Gasteiger partial charge in [0.05, 0.1) is 13.2 Å². The highest BCUT2D eigenvalue weighted by Crippen LogP contribution is 2.47. The number of aliphatic imine (C=N–C) groups is 1. The molecule has 0 aromatic heterocycles. The van der Waals surface area contributed by atoms with Gasteiger partial charge in [-0.05, 0) is 20.8 Å². The maximum absolute atomic E-state index is 11.8. The predicted octanol–water partition coefficient (Wildman–Crippen LogP) is 2.19. The van der Waals surface area contributed by atoms with Gasteiger partial charge in [0.2, 0.25) is 0 Å². The predicted molar refractivity (Wildman–Crippen MR) is 54.4 cm³/mol. The van der Waals surface area contributed by atoms with E-state index in [-0.39, 0.29) is 12.0 Å². The first-order valence-corrected chi connectivity index (χ1v) is 6.10. The van der Waals surface area contributed by atoms with Crippen molar-refractivity contribution in [2.45, 2.75) is 20.8 Å². The summed E-state index contributed by atoms with van der Waals surface area (Å²) in [5.41, 5.74) is 0.268. The Labute approximate surface area is 84.3 Å². The molecular formula is C8H15N2O3P. The van der Waals surface area contributed by atoms with E-state index in [4.69, 9.17) is 14.3 Å². The van der Waals surface area contributed by atoms with Gasteiger partial charge in [-0.3, -0.25) is 9.56 Å². The minimum atomic E-state index is -3.13. The Balaban J connectivity index is 4.39. The van der Waals surface area contributed by atoms with Crippen LogP contribution < -0.4 is 0 Å². The highest BCUT2D eigenvalue weighted by molar-refractivity contribution is 7.53. The normalized spacial score (nSPS) is 12.6. The van der Waals surface area contributed by atoms with Crippen molar-refractivity contribution in [3.8, 4) is 6.07 Å². The lowest BCUT2D eigenvalue weighted by molar-refractivity contribution is 0.221. The van der Waals surface area contributed by atoms with Crippen LogP contribution in [0.3, 0.4) is 0 Å². The first kappa shape index (κ1) is 13.3. The third kappa shape index (κ3) is 5.13. The molecule has 0 radical (unpaired) electrons. The molecule has 5 nitrogen and oxygen atoms in total. The molecule has 0 atom stereocenters. The van der Waals surface area contributed by atoms with Crippen LogP contribution >= 0.6 is 7.60 Å². The van der Waals surface area contributed by atoms with Crippen LogP contribution in [0.5, 0.6) is 0 Å². The zero-order valence-electron chi connectivity index (χ0n) is 8.69. The Hall–Kier alpha value is -0.690. The molecule has 0 amide bonds. The van der Waals surface area contributed by atoms with E-state index in [1.807, 2.05) is 6.07 Å². The summed E-state index contributed by atoms with van der Waals surface area (Å²) < 4.78 is 21.7. The van der Waals surface area contributed by atoms with Gasteiger partial charge in [0.1, 0.15) is 18.1 Å². The Kier molecular flexibility index (Phi) is 6.39. The number of hydrogen-bond donors (Lipinski definition) is 0. The van der Waals surface area contributed by atoms with Gasteiger partial charge in [0, 0.05) is 0 Å². The second-order valence-corrected chi connectivity index (χ2v) is 4.46. The zero-order chi connectivity index (χ0) is 11.0. The van der Waals surface area contributed by atoms with Crippen molar-refractivity contribution in [2.75, 3.05) is 19.5 Å². The van der Waals surface area contributed by atoms with Crippen LogP contribution in [0, 0.1) is 11.3 Å². The topological polar surface area (TPSA) is 71.7 Å². The van der Waals surface area contributed by atoms with Crippen molar-refractivity contribution < 1.29 is 13.6 Å². The summed E-state index contributed by atoms with van der Waals surface area (Å²) in [6, 6.07) is 1.84. The van der Waals surface area contributed by atoms with E-state index >= 15 is 0 Å². The van der Waals surface area contributed by atoms with Gasteiger partial charge in [-0.2, -0.15) is 5.26 Å². The molecular weight excluding hydrogens is 203 g/mol. The molecule has 80 valence electrons. The highest BCUT2D eigenvalue weighted by atomic mass is 31.2. The molecule has 14 heavy (non-hydrogen) atoms. The van der Waals surface area contributed by atoms with Gasteiger partial charge in [0.25, 0.3) is 0 Å². The van der Waals surface area contributed by atoms with Crippen molar-refractivity contribution >= 4 is 13.3 Å². The quantitative estimate of drug-likeness (QED) is 0.506. The van der Waals surface area contributed by atoms with E-state index in [9.17, 15) is 4.57 Å². The molecule has 0 saturated carbocycles. The maximum Gasteiger partial charge on any atom is 0.351 e. The fraction of sp³-hybridized carbons (Fsp3) is 0.750. The first-order valence-electron chi connectivity index (χ1n) is 4.37. The van der Waals surface area contributed by atoms with E-state index in [2.05, 4.69) is 4.99 Å². The monoisotopic (exact) mass is 218 g/mol. The van der Waals surface area contributed by atoms with E-state index in [1.165, 1.54) is 0 Å². The van der Waals surface area contributed by atoms with Gasteiger partial charge >= 0.3 is 7.60 Å². The van der Waals surface area contributed by atoms with Crippen molar-refractivity contribution in [3.63, 3.8) is 0 Å². The second kappa shape index (κ2) is 6.72. The molecule has 0 N–H and O–H groups in total. The molecule has 0 aromatic rings. The summed E-state index contributed by atoms with van der Waals surface area (Å²) in [6.45, 7) is 5.61. The van der Waals surface area contributed by atoms with Crippen LogP contribution in [0.1, 0.15) is 20.8 Å². The van der Waals surface area contributed by atoms with Crippen LogP contribution in [0.15, 0.2) is 4.99 Å². The van der Waals surface area contributed by atoms with Gasteiger partial charge in [-0.15, -0.1) is 0 Å². The number of nitriles is 1. The summed E-state index contributed by atoms with van der Waals surface area (Å²) in [6.07, 6.45) is -0.0892. The van der Waals surface area contributed by atoms with Gasteiger partial charge in [-0.1, -0.05) is 0 Å².